The first kappa shape index (κ1) is 15.4. The lowest BCUT2D eigenvalue weighted by Gasteiger charge is -2.32. The maximum absolute atomic E-state index is 12.6. The summed E-state index contributed by atoms with van der Waals surface area (Å²) in [6, 6.07) is 3.79. The van der Waals surface area contributed by atoms with Crippen LogP contribution in [-0.4, -0.2) is 17.5 Å². The third-order valence-corrected chi connectivity index (χ3v) is 4.89. The van der Waals surface area contributed by atoms with Gasteiger partial charge >= 0.3 is 6.18 Å². The Hall–Kier alpha value is -1.04. The van der Waals surface area contributed by atoms with Crippen LogP contribution in [0.5, 0.6) is 0 Å². The SMILES string of the molecule is CSC1CCCCC1Nc1ccc(C(F)(F)F)cc1N. The summed E-state index contributed by atoms with van der Waals surface area (Å²) < 4.78 is 37.8. The average Bonchev–Trinajstić information content (AvgIpc) is 2.40. The Labute approximate surface area is 121 Å². The molecule has 2 unspecified atom stereocenters. The zero-order valence-electron chi connectivity index (χ0n) is 11.3. The van der Waals surface area contributed by atoms with Crippen LogP contribution in [0.3, 0.4) is 0 Å². The first-order chi connectivity index (χ1) is 9.41. The highest BCUT2D eigenvalue weighted by atomic mass is 32.2. The van der Waals surface area contributed by atoms with Crippen molar-refractivity contribution in [3.05, 3.63) is 23.8 Å². The van der Waals surface area contributed by atoms with Crippen molar-refractivity contribution in [2.45, 2.75) is 43.2 Å². The van der Waals surface area contributed by atoms with Crippen molar-refractivity contribution in [1.82, 2.24) is 0 Å². The summed E-state index contributed by atoms with van der Waals surface area (Å²) in [7, 11) is 0. The second-order valence-electron chi connectivity index (χ2n) is 5.11. The van der Waals surface area contributed by atoms with E-state index in [-0.39, 0.29) is 11.7 Å². The summed E-state index contributed by atoms with van der Waals surface area (Å²) in [6.45, 7) is 0. The zero-order chi connectivity index (χ0) is 14.8. The van der Waals surface area contributed by atoms with Crippen molar-refractivity contribution >= 4 is 23.1 Å². The van der Waals surface area contributed by atoms with Gasteiger partial charge < -0.3 is 11.1 Å². The lowest BCUT2D eigenvalue weighted by molar-refractivity contribution is -0.137. The van der Waals surface area contributed by atoms with E-state index in [9.17, 15) is 13.2 Å². The lowest BCUT2D eigenvalue weighted by Crippen LogP contribution is -2.34. The summed E-state index contributed by atoms with van der Waals surface area (Å²) in [5, 5.41) is 3.81. The van der Waals surface area contributed by atoms with Gasteiger partial charge in [-0.1, -0.05) is 12.8 Å². The highest BCUT2D eigenvalue weighted by Gasteiger charge is 2.31. The third kappa shape index (κ3) is 3.53. The van der Waals surface area contributed by atoms with Crippen LogP contribution in [0.25, 0.3) is 0 Å². The molecule has 0 radical (unpaired) electrons. The largest absolute Gasteiger partial charge is 0.416 e. The van der Waals surface area contributed by atoms with Gasteiger partial charge in [-0.05, 0) is 37.3 Å². The molecule has 0 aliphatic heterocycles. The Balaban J connectivity index is 2.13. The van der Waals surface area contributed by atoms with E-state index in [0.717, 1.165) is 31.4 Å². The average molecular weight is 304 g/mol. The van der Waals surface area contributed by atoms with Gasteiger partial charge in [0.25, 0.3) is 0 Å². The summed E-state index contributed by atoms with van der Waals surface area (Å²) in [4.78, 5) is 0. The predicted octanol–water partition coefficient (Wildman–Crippen LogP) is 4.37. The molecule has 1 aromatic rings. The molecule has 20 heavy (non-hydrogen) atoms. The van der Waals surface area contributed by atoms with E-state index < -0.39 is 11.7 Å². The number of anilines is 2. The second kappa shape index (κ2) is 6.16. The molecule has 0 saturated heterocycles. The molecule has 0 bridgehead atoms. The van der Waals surface area contributed by atoms with Crippen molar-refractivity contribution in [2.75, 3.05) is 17.3 Å². The van der Waals surface area contributed by atoms with Crippen LogP contribution in [0.4, 0.5) is 24.5 Å². The van der Waals surface area contributed by atoms with Gasteiger partial charge in [0.05, 0.1) is 16.9 Å². The molecule has 1 saturated carbocycles. The van der Waals surface area contributed by atoms with E-state index in [1.807, 2.05) is 0 Å². The molecular formula is C14H19F3N2S. The first-order valence-corrected chi connectivity index (χ1v) is 7.96. The number of nitrogens with two attached hydrogens (primary N) is 1. The van der Waals surface area contributed by atoms with E-state index in [4.69, 9.17) is 5.73 Å². The quantitative estimate of drug-likeness (QED) is 0.814. The Morgan fingerprint density at radius 3 is 2.55 bits per heavy atom. The fourth-order valence-electron chi connectivity index (χ4n) is 2.61. The molecule has 0 aromatic heterocycles. The molecule has 1 aromatic carbocycles. The molecule has 0 heterocycles. The normalized spacial score (nSPS) is 23.6. The van der Waals surface area contributed by atoms with Crippen molar-refractivity contribution < 1.29 is 13.2 Å². The first-order valence-electron chi connectivity index (χ1n) is 6.68. The van der Waals surface area contributed by atoms with Crippen LogP contribution in [0.1, 0.15) is 31.2 Å². The van der Waals surface area contributed by atoms with Gasteiger partial charge in [0.1, 0.15) is 0 Å². The fraction of sp³-hybridized carbons (Fsp3) is 0.571. The van der Waals surface area contributed by atoms with Crippen molar-refractivity contribution in [2.24, 2.45) is 0 Å². The topological polar surface area (TPSA) is 38.0 Å². The number of alkyl halides is 3. The molecule has 1 fully saturated rings. The molecule has 2 nitrogen and oxygen atoms in total. The third-order valence-electron chi connectivity index (χ3n) is 3.73. The van der Waals surface area contributed by atoms with Crippen LogP contribution in [-0.2, 0) is 6.18 Å². The van der Waals surface area contributed by atoms with Crippen molar-refractivity contribution in [3.8, 4) is 0 Å². The standard InChI is InChI=1S/C14H19F3N2S/c1-20-13-5-3-2-4-12(13)19-11-7-6-9(8-10(11)18)14(15,16)17/h6-8,12-13,19H,2-5,18H2,1H3. The number of hydrogen-bond donors (Lipinski definition) is 2. The monoisotopic (exact) mass is 304 g/mol. The van der Waals surface area contributed by atoms with Crippen LogP contribution in [0.2, 0.25) is 0 Å². The Kier molecular flexibility index (Phi) is 4.73. The maximum Gasteiger partial charge on any atom is 0.416 e. The zero-order valence-corrected chi connectivity index (χ0v) is 12.2. The molecule has 1 aliphatic carbocycles. The Morgan fingerprint density at radius 2 is 1.95 bits per heavy atom. The number of thioether (sulfide) groups is 1. The molecule has 112 valence electrons. The van der Waals surface area contributed by atoms with E-state index >= 15 is 0 Å². The molecule has 3 N–H and O–H groups in total. The van der Waals surface area contributed by atoms with Crippen LogP contribution in [0.15, 0.2) is 18.2 Å². The van der Waals surface area contributed by atoms with E-state index in [1.165, 1.54) is 12.5 Å². The number of hydrogen-bond acceptors (Lipinski definition) is 3. The highest BCUT2D eigenvalue weighted by molar-refractivity contribution is 7.99. The molecule has 6 heteroatoms. The van der Waals surface area contributed by atoms with E-state index in [2.05, 4.69) is 11.6 Å². The lowest BCUT2D eigenvalue weighted by atomic mass is 9.94. The minimum Gasteiger partial charge on any atom is -0.397 e. The number of nitrogens with one attached hydrogen (secondary N) is 1. The predicted molar refractivity (Wildman–Crippen MR) is 79.0 cm³/mol. The summed E-state index contributed by atoms with van der Waals surface area (Å²) in [5.74, 6) is 0. The number of nitrogen functional groups attached to an aromatic ring is 1. The minimum absolute atomic E-state index is 0.158. The van der Waals surface area contributed by atoms with Crippen LogP contribution < -0.4 is 11.1 Å². The van der Waals surface area contributed by atoms with Gasteiger partial charge in [-0.3, -0.25) is 0 Å². The number of rotatable bonds is 3. The van der Waals surface area contributed by atoms with Gasteiger partial charge in [-0.15, -0.1) is 0 Å². The molecule has 2 atom stereocenters. The van der Waals surface area contributed by atoms with E-state index in [0.29, 0.717) is 10.9 Å². The summed E-state index contributed by atoms with van der Waals surface area (Å²) in [6.07, 6.45) is 2.26. The molecule has 2 rings (SSSR count). The van der Waals surface area contributed by atoms with Gasteiger partial charge in [0.15, 0.2) is 0 Å². The summed E-state index contributed by atoms with van der Waals surface area (Å²) >= 11 is 1.80. The molecular weight excluding hydrogens is 285 g/mol. The molecule has 0 amide bonds. The summed E-state index contributed by atoms with van der Waals surface area (Å²) in [5.41, 5.74) is 5.81. The maximum atomic E-state index is 12.6. The van der Waals surface area contributed by atoms with Gasteiger partial charge in [-0.25, -0.2) is 0 Å². The smallest absolute Gasteiger partial charge is 0.397 e. The van der Waals surface area contributed by atoms with Gasteiger partial charge in [0, 0.05) is 11.3 Å². The van der Waals surface area contributed by atoms with Crippen molar-refractivity contribution in [3.63, 3.8) is 0 Å². The number of halogens is 3. The van der Waals surface area contributed by atoms with Gasteiger partial charge in [0.2, 0.25) is 0 Å². The minimum atomic E-state index is -4.35. The molecule has 1 aliphatic rings. The second-order valence-corrected chi connectivity index (χ2v) is 6.19. The fourth-order valence-corrected chi connectivity index (χ4v) is 3.55. The Morgan fingerprint density at radius 1 is 1.25 bits per heavy atom. The molecule has 0 spiro atoms. The van der Waals surface area contributed by atoms with Crippen molar-refractivity contribution in [1.29, 1.82) is 0 Å². The van der Waals surface area contributed by atoms with Crippen LogP contribution in [0, 0.1) is 0 Å². The number of benzene rings is 1. The van der Waals surface area contributed by atoms with E-state index in [1.54, 1.807) is 11.8 Å². The van der Waals surface area contributed by atoms with Gasteiger partial charge in [-0.2, -0.15) is 24.9 Å². The Bertz CT molecular complexity index is 462. The highest BCUT2D eigenvalue weighted by Crippen LogP contribution is 2.35. The van der Waals surface area contributed by atoms with Crippen LogP contribution >= 0.6 is 11.8 Å².